The minimum absolute atomic E-state index is 0.348. The third-order valence-electron chi connectivity index (χ3n) is 11.0. The first-order valence-electron chi connectivity index (χ1n) is 18.5. The maximum absolute atomic E-state index is 5.79. The van der Waals surface area contributed by atoms with Gasteiger partial charge in [-0.15, -0.1) is 0 Å². The second-order valence-corrected chi connectivity index (χ2v) is 14.8. The van der Waals surface area contributed by atoms with Gasteiger partial charge in [-0.25, -0.2) is 0 Å². The topological polar surface area (TPSA) is 86.2 Å². The number of benzene rings is 8. The van der Waals surface area contributed by atoms with Crippen molar-refractivity contribution in [1.82, 2.24) is 5.32 Å². The molecule has 8 heteroatoms. The molecule has 4 aliphatic rings. The third kappa shape index (κ3) is 4.93. The average molecular weight is 760 g/mol. The normalized spacial score (nSPS) is 15.6. The Kier molecular flexibility index (Phi) is 6.71. The summed E-state index contributed by atoms with van der Waals surface area (Å²) in [6.07, 6.45) is 0. The molecule has 0 unspecified atom stereocenters. The van der Waals surface area contributed by atoms with Crippen molar-refractivity contribution in [2.75, 3.05) is 0 Å². The molecule has 0 atom stereocenters. The molecular formula is C48H27N7Ni. The van der Waals surface area contributed by atoms with Gasteiger partial charge >= 0.3 is 324 Å². The molecule has 0 saturated heterocycles. The first-order valence-corrected chi connectivity index (χ1v) is 19.0. The van der Waals surface area contributed by atoms with Gasteiger partial charge in [0.25, 0.3) is 0 Å². The number of amidine groups is 6. The van der Waals surface area contributed by atoms with Crippen LogP contribution in [0.25, 0.3) is 43.1 Å². The van der Waals surface area contributed by atoms with Crippen LogP contribution in [0.5, 0.6) is 0 Å². The molecule has 0 spiro atoms. The second kappa shape index (κ2) is 12.0. The average Bonchev–Trinajstić information content (AvgIpc) is 3.86. The van der Waals surface area contributed by atoms with E-state index < -0.39 is 0 Å². The van der Waals surface area contributed by atoms with Gasteiger partial charge in [0.2, 0.25) is 0 Å². The summed E-state index contributed by atoms with van der Waals surface area (Å²) in [5.74, 6) is 3.63. The molecule has 4 aliphatic heterocycles. The van der Waals surface area contributed by atoms with Crippen molar-refractivity contribution in [1.29, 1.82) is 0 Å². The molecule has 0 radical (unpaired) electrons. The van der Waals surface area contributed by atoms with Crippen molar-refractivity contribution in [3.05, 3.63) is 190 Å². The molecule has 264 valence electrons. The Morgan fingerprint density at radius 3 is 1.18 bits per heavy atom. The Morgan fingerprint density at radius 2 is 0.696 bits per heavy atom. The summed E-state index contributed by atoms with van der Waals surface area (Å²) in [5.41, 5.74) is 7.36. The zero-order valence-corrected chi connectivity index (χ0v) is 30.6. The van der Waals surface area contributed by atoms with Crippen molar-refractivity contribution in [3.8, 4) is 0 Å². The first kappa shape index (κ1) is 31.3. The Hall–Kier alpha value is -7.02. The summed E-state index contributed by atoms with van der Waals surface area (Å²) in [7, 11) is 0. The van der Waals surface area contributed by atoms with Crippen LogP contribution in [0.2, 0.25) is 0 Å². The first-order chi connectivity index (χ1) is 27.6. The monoisotopic (exact) mass is 759 g/mol. The number of hydrogen-bond donors (Lipinski definition) is 1. The molecule has 0 saturated carbocycles. The van der Waals surface area contributed by atoms with Gasteiger partial charge in [-0.2, -0.15) is 0 Å². The van der Waals surface area contributed by atoms with E-state index in [1.54, 1.807) is 0 Å². The van der Waals surface area contributed by atoms with E-state index in [1.165, 1.54) is 0 Å². The van der Waals surface area contributed by atoms with Crippen molar-refractivity contribution in [3.63, 3.8) is 0 Å². The van der Waals surface area contributed by atoms with Crippen molar-refractivity contribution >= 4 is 82.7 Å². The molecule has 1 N–H and O–H groups in total. The molecule has 0 aromatic heterocycles. The van der Waals surface area contributed by atoms with Crippen LogP contribution < -0.4 is 5.32 Å². The summed E-state index contributed by atoms with van der Waals surface area (Å²) < 4.78 is 0.483. The fourth-order valence-corrected chi connectivity index (χ4v) is 8.54. The quantitative estimate of drug-likeness (QED) is 0.154. The summed E-state index contributed by atoms with van der Waals surface area (Å²) >= 11 is 5.79. The molecule has 8 aromatic carbocycles. The van der Waals surface area contributed by atoms with Gasteiger partial charge in [-0.1, -0.05) is 6.07 Å². The fraction of sp³-hybridized carbons (Fsp3) is 0.0208. The van der Waals surface area contributed by atoms with Crippen molar-refractivity contribution in [2.45, 2.75) is 6.54 Å². The molecule has 7 nitrogen and oxygen atoms in total. The SMILES string of the molecule is [Ni]=[C]1N=C2N=C(NC3=NC(=NC4=NC(=NCc5cc6ccccc6cc51)c1cc5ccccc5cc14)c1cc4ccccc4cc13)c1cc3ccccc3cc12. The number of aliphatic imine (C=N–C) groups is 6. The van der Waals surface area contributed by atoms with Gasteiger partial charge in [0.15, 0.2) is 0 Å². The van der Waals surface area contributed by atoms with E-state index in [2.05, 4.69) is 139 Å². The zero-order chi connectivity index (χ0) is 36.9. The summed E-state index contributed by atoms with van der Waals surface area (Å²) in [6.45, 7) is 0.348. The van der Waals surface area contributed by atoms with E-state index >= 15 is 0 Å². The number of fused-ring (bicyclic) bond motifs is 17. The van der Waals surface area contributed by atoms with Crippen LogP contribution in [0.15, 0.2) is 176 Å². The molecule has 12 rings (SSSR count). The predicted molar refractivity (Wildman–Crippen MR) is 226 cm³/mol. The van der Waals surface area contributed by atoms with Crippen LogP contribution in [-0.4, -0.2) is 39.6 Å². The van der Waals surface area contributed by atoms with Gasteiger partial charge in [0.05, 0.1) is 0 Å². The van der Waals surface area contributed by atoms with E-state index in [1.807, 2.05) is 12.1 Å². The van der Waals surface area contributed by atoms with Gasteiger partial charge in [-0.3, -0.25) is 0 Å². The van der Waals surface area contributed by atoms with Crippen LogP contribution in [-0.2, 0) is 21.6 Å². The van der Waals surface area contributed by atoms with Crippen LogP contribution in [0, 0.1) is 0 Å². The summed E-state index contributed by atoms with van der Waals surface area (Å²) in [5, 5.41) is 12.5. The summed E-state index contributed by atoms with van der Waals surface area (Å²) in [4.78, 5) is 31.1. The van der Waals surface area contributed by atoms with E-state index in [4.69, 9.17) is 45.0 Å². The molecule has 0 aliphatic carbocycles. The number of nitrogens with one attached hydrogen (secondary N) is 1. The minimum atomic E-state index is 0.348. The molecule has 4 heterocycles. The maximum atomic E-state index is 5.79. The van der Waals surface area contributed by atoms with Crippen molar-refractivity contribution < 1.29 is 15.0 Å². The molecule has 56 heavy (non-hydrogen) atoms. The molecule has 6 bridgehead atoms. The Morgan fingerprint density at radius 1 is 0.357 bits per heavy atom. The van der Waals surface area contributed by atoms with Gasteiger partial charge in [-0.05, 0) is 0 Å². The predicted octanol–water partition coefficient (Wildman–Crippen LogP) is 9.05. The van der Waals surface area contributed by atoms with E-state index in [0.29, 0.717) is 46.2 Å². The number of hydrogen-bond acceptors (Lipinski definition) is 7. The molecule has 0 fully saturated rings. The fourth-order valence-electron chi connectivity index (χ4n) is 8.21. The van der Waals surface area contributed by atoms with Crippen LogP contribution in [0.1, 0.15) is 44.5 Å². The van der Waals surface area contributed by atoms with Gasteiger partial charge < -0.3 is 0 Å². The number of nitrogens with zero attached hydrogens (tertiary/aromatic N) is 6. The van der Waals surface area contributed by atoms with Crippen molar-refractivity contribution in [2.24, 2.45) is 30.0 Å². The second-order valence-electron chi connectivity index (χ2n) is 14.3. The summed E-state index contributed by atoms with van der Waals surface area (Å²) in [6, 6.07) is 50.6. The Balaban J connectivity index is 1.13. The third-order valence-corrected chi connectivity index (χ3v) is 11.4. The van der Waals surface area contributed by atoms with E-state index in [-0.39, 0.29) is 0 Å². The standard InChI is InChI=1S/C48H27N7.Ni/c1-2-10-28-18-36-26-50-44-38-20-30-12-4-6-14-32(30)22-40(38)46(52-44)54-48-42-24-34-16-8-7-15-33(34)23-41(42)47(55-48)53-45-39-21-31-13-5-3-11-29(31)19-37(39)43(51-45)49-25-35(36)17-27(28)9-1;/h1-24H,25H2,(H,49,51,52,53,54,55);. The molecule has 8 aromatic rings. The zero-order valence-electron chi connectivity index (χ0n) is 29.6. The Bertz CT molecular complexity index is 3330. The van der Waals surface area contributed by atoms with E-state index in [0.717, 1.165) is 87.6 Å². The van der Waals surface area contributed by atoms with Crippen LogP contribution in [0.3, 0.4) is 0 Å². The van der Waals surface area contributed by atoms with Gasteiger partial charge in [0.1, 0.15) is 0 Å². The van der Waals surface area contributed by atoms with E-state index in [9.17, 15) is 0 Å². The Labute approximate surface area is 328 Å². The van der Waals surface area contributed by atoms with Crippen LogP contribution >= 0.6 is 0 Å². The molecular weight excluding hydrogens is 733 g/mol. The van der Waals surface area contributed by atoms with Gasteiger partial charge in [0, 0.05) is 0 Å². The number of rotatable bonds is 0. The molecule has 0 amide bonds. The van der Waals surface area contributed by atoms with Crippen LogP contribution in [0.4, 0.5) is 0 Å².